The summed E-state index contributed by atoms with van der Waals surface area (Å²) in [5.41, 5.74) is 0.781. The van der Waals surface area contributed by atoms with Crippen molar-refractivity contribution in [1.29, 1.82) is 0 Å². The fraction of sp³-hybridized carbons (Fsp3) is 0. The normalized spacial score (nSPS) is 10.4. The monoisotopic (exact) mass is 276 g/mol. The molecule has 0 saturated heterocycles. The van der Waals surface area contributed by atoms with Gasteiger partial charge < -0.3 is 4.42 Å². The Morgan fingerprint density at radius 1 is 1.25 bits per heavy atom. The fourth-order valence-corrected chi connectivity index (χ4v) is 1.72. The lowest BCUT2D eigenvalue weighted by Gasteiger charge is -1.99. The molecule has 2 aromatic rings. The van der Waals surface area contributed by atoms with Gasteiger partial charge in [-0.05, 0) is 41.4 Å². The Kier molecular flexibility index (Phi) is 3.14. The van der Waals surface area contributed by atoms with Gasteiger partial charge in [0.15, 0.2) is 0 Å². The molecule has 0 N–H and O–H groups in total. The molecule has 0 spiro atoms. The van der Waals surface area contributed by atoms with E-state index in [4.69, 9.17) is 39.2 Å². The van der Waals surface area contributed by atoms with E-state index in [1.54, 1.807) is 6.07 Å². The van der Waals surface area contributed by atoms with Crippen molar-refractivity contribution in [1.82, 2.24) is 10.2 Å². The van der Waals surface area contributed by atoms with Crippen LogP contribution in [0.5, 0.6) is 0 Å². The first-order valence-electron chi connectivity index (χ1n) is 4.06. The largest absolute Gasteiger partial charge is 0.407 e. The third-order valence-electron chi connectivity index (χ3n) is 1.83. The second kappa shape index (κ2) is 4.41. The lowest BCUT2D eigenvalue weighted by atomic mass is 10.1. The molecule has 1 heterocycles. The van der Waals surface area contributed by atoms with Gasteiger partial charge in [-0.2, -0.15) is 0 Å². The van der Waals surface area contributed by atoms with Crippen molar-refractivity contribution in [3.05, 3.63) is 34.1 Å². The van der Waals surface area contributed by atoms with Gasteiger partial charge in [0.1, 0.15) is 0 Å². The third kappa shape index (κ3) is 2.19. The summed E-state index contributed by atoms with van der Waals surface area (Å²) < 4.78 is 4.99. The number of halogens is 3. The minimum absolute atomic E-state index is 0.0661. The maximum Gasteiger partial charge on any atom is 0.313 e. The predicted molar refractivity (Wildman–Crippen MR) is 59.9 cm³/mol. The van der Waals surface area contributed by atoms with E-state index in [0.717, 1.165) is 0 Å². The highest BCUT2D eigenvalue weighted by molar-refractivity contribution is 6.68. The Balaban J connectivity index is 2.45. The van der Waals surface area contributed by atoms with Crippen LogP contribution in [0, 0.1) is 0 Å². The Hall–Kier alpha value is -1.10. The molecule has 0 atom stereocenters. The molecule has 0 saturated carbocycles. The van der Waals surface area contributed by atoms with Gasteiger partial charge in [0.2, 0.25) is 5.89 Å². The van der Waals surface area contributed by atoms with E-state index in [2.05, 4.69) is 10.2 Å². The highest BCUT2D eigenvalue weighted by Gasteiger charge is 2.12. The van der Waals surface area contributed by atoms with E-state index in [1.165, 1.54) is 12.1 Å². The molecular formula is C9H3Cl3N2O2. The minimum Gasteiger partial charge on any atom is -0.407 e. The van der Waals surface area contributed by atoms with Crippen LogP contribution in [0.25, 0.3) is 11.5 Å². The van der Waals surface area contributed by atoms with E-state index < -0.39 is 5.24 Å². The molecule has 0 unspecified atom stereocenters. The predicted octanol–water partition coefficient (Wildman–Crippen LogP) is 3.42. The van der Waals surface area contributed by atoms with Crippen LogP contribution in [-0.4, -0.2) is 15.4 Å². The molecule has 16 heavy (non-hydrogen) atoms. The standard InChI is InChI=1S/C9H3Cl3N2O2/c10-6-3-4(1-2-5(6)7(11)15)8-13-14-9(12)16-8/h1-3H. The van der Waals surface area contributed by atoms with Crippen LogP contribution in [0.3, 0.4) is 0 Å². The van der Waals surface area contributed by atoms with Crippen molar-refractivity contribution in [2.75, 3.05) is 0 Å². The molecular weight excluding hydrogens is 274 g/mol. The second-order valence-corrected chi connectivity index (χ2v) is 3.90. The Bertz CT molecular complexity index is 553. The smallest absolute Gasteiger partial charge is 0.313 e. The van der Waals surface area contributed by atoms with Gasteiger partial charge >= 0.3 is 5.35 Å². The number of rotatable bonds is 2. The van der Waals surface area contributed by atoms with Gasteiger partial charge in [-0.1, -0.05) is 16.7 Å². The summed E-state index contributed by atoms with van der Waals surface area (Å²) >= 11 is 16.7. The lowest BCUT2D eigenvalue weighted by molar-refractivity contribution is 0.108. The molecule has 4 nitrogen and oxygen atoms in total. The molecule has 0 radical (unpaired) electrons. The number of carbonyl (C=O) groups excluding carboxylic acids is 1. The summed E-state index contributed by atoms with van der Waals surface area (Å²) in [7, 11) is 0. The van der Waals surface area contributed by atoms with Crippen molar-refractivity contribution in [3.8, 4) is 11.5 Å². The van der Waals surface area contributed by atoms with Crippen LogP contribution in [-0.2, 0) is 0 Å². The summed E-state index contributed by atoms with van der Waals surface area (Å²) in [5.74, 6) is 0.223. The SMILES string of the molecule is O=C(Cl)c1ccc(-c2nnc(Cl)o2)cc1Cl. The quantitative estimate of drug-likeness (QED) is 0.789. The molecule has 0 aliphatic carbocycles. The van der Waals surface area contributed by atoms with Crippen molar-refractivity contribution < 1.29 is 9.21 Å². The first-order chi connectivity index (χ1) is 7.58. The summed E-state index contributed by atoms with van der Waals surface area (Å²) in [5, 5.41) is 6.69. The van der Waals surface area contributed by atoms with Crippen molar-refractivity contribution >= 4 is 40.0 Å². The van der Waals surface area contributed by atoms with Gasteiger partial charge in [0, 0.05) is 5.56 Å². The Labute approximate surface area is 105 Å². The number of benzene rings is 1. The van der Waals surface area contributed by atoms with E-state index in [9.17, 15) is 4.79 Å². The molecule has 0 aliphatic rings. The summed E-state index contributed by atoms with van der Waals surface area (Å²) in [4.78, 5) is 10.9. The minimum atomic E-state index is -0.625. The van der Waals surface area contributed by atoms with Crippen LogP contribution < -0.4 is 0 Å². The fourth-order valence-electron chi connectivity index (χ4n) is 1.13. The summed E-state index contributed by atoms with van der Waals surface area (Å²) in [6.45, 7) is 0. The Morgan fingerprint density at radius 3 is 2.50 bits per heavy atom. The highest BCUT2D eigenvalue weighted by atomic mass is 35.5. The molecule has 0 aliphatic heterocycles. The van der Waals surface area contributed by atoms with Crippen LogP contribution in [0.1, 0.15) is 10.4 Å². The maximum atomic E-state index is 10.9. The van der Waals surface area contributed by atoms with Gasteiger partial charge in [-0.25, -0.2) is 0 Å². The van der Waals surface area contributed by atoms with Crippen LogP contribution in [0.15, 0.2) is 22.6 Å². The van der Waals surface area contributed by atoms with Gasteiger partial charge in [-0.3, -0.25) is 4.79 Å². The van der Waals surface area contributed by atoms with Gasteiger partial charge in [0.25, 0.3) is 5.24 Å². The van der Waals surface area contributed by atoms with Crippen molar-refractivity contribution in [3.63, 3.8) is 0 Å². The lowest BCUT2D eigenvalue weighted by Crippen LogP contribution is -1.90. The van der Waals surface area contributed by atoms with Gasteiger partial charge in [-0.15, -0.1) is 5.10 Å². The van der Waals surface area contributed by atoms with E-state index in [0.29, 0.717) is 5.56 Å². The maximum absolute atomic E-state index is 10.9. The molecule has 1 aromatic carbocycles. The van der Waals surface area contributed by atoms with E-state index in [-0.39, 0.29) is 21.8 Å². The number of hydrogen-bond donors (Lipinski definition) is 0. The topological polar surface area (TPSA) is 56.0 Å². The molecule has 0 amide bonds. The van der Waals surface area contributed by atoms with E-state index >= 15 is 0 Å². The zero-order valence-electron chi connectivity index (χ0n) is 7.58. The van der Waals surface area contributed by atoms with Crippen LogP contribution >= 0.6 is 34.8 Å². The second-order valence-electron chi connectivity index (χ2n) is 2.83. The van der Waals surface area contributed by atoms with Crippen LogP contribution in [0.4, 0.5) is 0 Å². The zero-order chi connectivity index (χ0) is 11.7. The summed E-state index contributed by atoms with van der Waals surface area (Å²) in [6.07, 6.45) is 0. The molecule has 0 bridgehead atoms. The first kappa shape index (κ1) is 11.4. The molecule has 0 fully saturated rings. The number of carbonyl (C=O) groups is 1. The number of hydrogen-bond acceptors (Lipinski definition) is 4. The number of nitrogens with zero attached hydrogens (tertiary/aromatic N) is 2. The highest BCUT2D eigenvalue weighted by Crippen LogP contribution is 2.26. The summed E-state index contributed by atoms with van der Waals surface area (Å²) in [6, 6.07) is 4.57. The molecule has 7 heteroatoms. The zero-order valence-corrected chi connectivity index (χ0v) is 9.84. The average molecular weight is 277 g/mol. The Morgan fingerprint density at radius 2 is 2.00 bits per heavy atom. The molecule has 82 valence electrons. The van der Waals surface area contributed by atoms with Gasteiger partial charge in [0.05, 0.1) is 10.6 Å². The first-order valence-corrected chi connectivity index (χ1v) is 5.20. The average Bonchev–Trinajstić information content (AvgIpc) is 2.64. The molecule has 1 aromatic heterocycles. The molecule has 2 rings (SSSR count). The van der Waals surface area contributed by atoms with Crippen LogP contribution in [0.2, 0.25) is 10.4 Å². The van der Waals surface area contributed by atoms with Crippen molar-refractivity contribution in [2.45, 2.75) is 0 Å². The number of aromatic nitrogens is 2. The third-order valence-corrected chi connectivity index (χ3v) is 2.50. The van der Waals surface area contributed by atoms with Crippen molar-refractivity contribution in [2.24, 2.45) is 0 Å². The van der Waals surface area contributed by atoms with E-state index in [1.807, 2.05) is 0 Å².